The molecule has 1 amide bonds. The first-order valence-corrected chi connectivity index (χ1v) is 12.7. The summed E-state index contributed by atoms with van der Waals surface area (Å²) in [6.07, 6.45) is -2.13. The zero-order valence-electron chi connectivity index (χ0n) is 21.4. The fraction of sp³-hybridized carbons (Fsp3) is 0.393. The summed E-state index contributed by atoms with van der Waals surface area (Å²) >= 11 is 0. The average Bonchev–Trinajstić information content (AvgIpc) is 3.38. The van der Waals surface area contributed by atoms with Crippen molar-refractivity contribution in [3.63, 3.8) is 0 Å². The Balaban J connectivity index is 1.43. The summed E-state index contributed by atoms with van der Waals surface area (Å²) < 4.78 is 62.9. The van der Waals surface area contributed by atoms with Crippen molar-refractivity contribution >= 4 is 11.9 Å². The zero-order chi connectivity index (χ0) is 28.0. The molecule has 3 aromatic rings. The topological polar surface area (TPSA) is 75.9 Å². The molecule has 2 heterocycles. The highest BCUT2D eigenvalue weighted by Gasteiger charge is 2.31. The molecular weight excluding hydrogens is 518 g/mol. The lowest BCUT2D eigenvalue weighted by Gasteiger charge is -2.30. The van der Waals surface area contributed by atoms with Crippen LogP contribution in [0.3, 0.4) is 0 Å². The molecule has 0 radical (unpaired) electrons. The Kier molecular flexibility index (Phi) is 9.01. The molecule has 1 aliphatic heterocycles. The predicted octanol–water partition coefficient (Wildman–Crippen LogP) is 5.45. The monoisotopic (exact) mass is 547 g/mol. The highest BCUT2D eigenvalue weighted by atomic mass is 19.4. The molecule has 2 aromatic carbocycles. The van der Waals surface area contributed by atoms with Gasteiger partial charge in [-0.15, -0.1) is 0 Å². The Morgan fingerprint density at radius 1 is 1.00 bits per heavy atom. The number of aromatic nitrogens is 1. The molecule has 0 aliphatic carbocycles. The van der Waals surface area contributed by atoms with Crippen LogP contribution < -0.4 is 0 Å². The van der Waals surface area contributed by atoms with E-state index < -0.39 is 11.7 Å². The van der Waals surface area contributed by atoms with Gasteiger partial charge in [-0.1, -0.05) is 24.3 Å². The SMILES string of the molecule is CCOC(=O)C1CCN(C(=O)c2coc(CN(Cc3ccc(F)cc3)Cc3ccc(C(F)(F)F)cc3)n2)CC1. The number of hydrogen-bond donors (Lipinski definition) is 0. The molecule has 0 saturated carbocycles. The van der Waals surface area contributed by atoms with Crippen LogP contribution in [0.25, 0.3) is 0 Å². The number of benzene rings is 2. The van der Waals surface area contributed by atoms with E-state index in [9.17, 15) is 27.2 Å². The number of carbonyl (C=O) groups is 2. The Hall–Kier alpha value is -3.73. The van der Waals surface area contributed by atoms with Crippen LogP contribution in [0, 0.1) is 11.7 Å². The first-order chi connectivity index (χ1) is 18.6. The van der Waals surface area contributed by atoms with Crippen molar-refractivity contribution in [2.75, 3.05) is 19.7 Å². The second-order valence-corrected chi connectivity index (χ2v) is 9.41. The summed E-state index contributed by atoms with van der Waals surface area (Å²) in [5.74, 6) is -0.904. The lowest BCUT2D eigenvalue weighted by Crippen LogP contribution is -2.40. The zero-order valence-corrected chi connectivity index (χ0v) is 21.4. The Morgan fingerprint density at radius 2 is 1.59 bits per heavy atom. The van der Waals surface area contributed by atoms with Gasteiger partial charge in [-0.25, -0.2) is 9.37 Å². The van der Waals surface area contributed by atoms with Crippen molar-refractivity contribution in [2.24, 2.45) is 5.92 Å². The third-order valence-electron chi connectivity index (χ3n) is 6.54. The van der Waals surface area contributed by atoms with Crippen molar-refractivity contribution in [3.8, 4) is 0 Å². The van der Waals surface area contributed by atoms with Crippen LogP contribution in [0.4, 0.5) is 17.6 Å². The molecule has 1 saturated heterocycles. The highest BCUT2D eigenvalue weighted by molar-refractivity contribution is 5.92. The van der Waals surface area contributed by atoms with Crippen molar-refractivity contribution < 1.29 is 36.3 Å². The second-order valence-electron chi connectivity index (χ2n) is 9.41. The van der Waals surface area contributed by atoms with Crippen molar-refractivity contribution in [1.82, 2.24) is 14.8 Å². The van der Waals surface area contributed by atoms with E-state index in [4.69, 9.17) is 9.15 Å². The summed E-state index contributed by atoms with van der Waals surface area (Å²) in [6, 6.07) is 10.8. The van der Waals surface area contributed by atoms with Crippen molar-refractivity contribution in [2.45, 2.75) is 45.6 Å². The van der Waals surface area contributed by atoms with E-state index in [0.29, 0.717) is 44.6 Å². The largest absolute Gasteiger partial charge is 0.466 e. The van der Waals surface area contributed by atoms with Gasteiger partial charge < -0.3 is 14.1 Å². The Bertz CT molecular complexity index is 1250. The number of amides is 1. The van der Waals surface area contributed by atoms with Crippen molar-refractivity contribution in [3.05, 3.63) is 88.9 Å². The van der Waals surface area contributed by atoms with E-state index >= 15 is 0 Å². The minimum absolute atomic E-state index is 0.135. The van der Waals surface area contributed by atoms with Gasteiger partial charge in [-0.2, -0.15) is 13.2 Å². The molecule has 0 bridgehead atoms. The number of piperidine rings is 1. The number of hydrogen-bond acceptors (Lipinski definition) is 6. The molecule has 0 unspecified atom stereocenters. The maximum atomic E-state index is 13.4. The van der Waals surface area contributed by atoms with Gasteiger partial charge in [-0.3, -0.25) is 14.5 Å². The van der Waals surface area contributed by atoms with Gasteiger partial charge in [0.25, 0.3) is 5.91 Å². The number of rotatable bonds is 9. The van der Waals surface area contributed by atoms with Gasteiger partial charge in [0.05, 0.1) is 24.6 Å². The van der Waals surface area contributed by atoms with E-state index in [1.165, 1.54) is 30.5 Å². The van der Waals surface area contributed by atoms with Gasteiger partial charge >= 0.3 is 12.1 Å². The van der Waals surface area contributed by atoms with Crippen LogP contribution in [-0.4, -0.2) is 46.4 Å². The van der Waals surface area contributed by atoms with E-state index in [-0.39, 0.29) is 48.3 Å². The summed E-state index contributed by atoms with van der Waals surface area (Å²) in [6.45, 7) is 3.64. The van der Waals surface area contributed by atoms with E-state index in [2.05, 4.69) is 4.98 Å². The van der Waals surface area contributed by atoms with Crippen LogP contribution in [0.5, 0.6) is 0 Å². The first kappa shape index (κ1) is 28.3. The molecule has 1 aliphatic rings. The molecule has 7 nitrogen and oxygen atoms in total. The minimum atomic E-state index is -4.43. The van der Waals surface area contributed by atoms with E-state index in [1.54, 1.807) is 24.0 Å². The second kappa shape index (κ2) is 12.4. The molecule has 1 aromatic heterocycles. The van der Waals surface area contributed by atoms with Crippen LogP contribution >= 0.6 is 0 Å². The van der Waals surface area contributed by atoms with Crippen LogP contribution in [0.15, 0.2) is 59.2 Å². The lowest BCUT2D eigenvalue weighted by atomic mass is 9.97. The van der Waals surface area contributed by atoms with Gasteiger partial charge in [0, 0.05) is 26.2 Å². The van der Waals surface area contributed by atoms with Crippen LogP contribution in [0.2, 0.25) is 0 Å². The molecule has 0 atom stereocenters. The predicted molar refractivity (Wildman–Crippen MR) is 133 cm³/mol. The fourth-order valence-corrected chi connectivity index (χ4v) is 4.49. The number of oxazole rings is 1. The Labute approximate surface area is 223 Å². The van der Waals surface area contributed by atoms with Crippen molar-refractivity contribution in [1.29, 1.82) is 0 Å². The van der Waals surface area contributed by atoms with Crippen LogP contribution in [0.1, 0.15) is 52.8 Å². The molecule has 11 heteroatoms. The molecule has 1 fully saturated rings. The lowest BCUT2D eigenvalue weighted by molar-refractivity contribution is -0.149. The number of nitrogens with zero attached hydrogens (tertiary/aromatic N) is 3. The first-order valence-electron chi connectivity index (χ1n) is 12.7. The smallest absolute Gasteiger partial charge is 0.416 e. The standard InChI is InChI=1S/C28H29F4N3O4/c1-2-38-27(37)21-11-13-35(14-12-21)26(36)24-18-39-25(33-24)17-34(16-20-5-9-23(29)10-6-20)15-19-3-7-22(8-4-19)28(30,31)32/h3-10,18,21H,2,11-17H2,1H3. The Morgan fingerprint density at radius 3 is 2.15 bits per heavy atom. The minimum Gasteiger partial charge on any atom is -0.466 e. The number of likely N-dealkylation sites (tertiary alicyclic amines) is 1. The van der Waals surface area contributed by atoms with Gasteiger partial charge in [0.15, 0.2) is 5.69 Å². The summed E-state index contributed by atoms with van der Waals surface area (Å²) in [4.78, 5) is 32.8. The number of esters is 1. The van der Waals surface area contributed by atoms with Crippen LogP contribution in [-0.2, 0) is 35.3 Å². The summed E-state index contributed by atoms with van der Waals surface area (Å²) in [5, 5.41) is 0. The number of alkyl halides is 3. The summed E-state index contributed by atoms with van der Waals surface area (Å²) in [5.41, 5.74) is 0.822. The highest BCUT2D eigenvalue weighted by Crippen LogP contribution is 2.29. The third-order valence-corrected chi connectivity index (χ3v) is 6.54. The number of carbonyl (C=O) groups excluding carboxylic acids is 2. The van der Waals surface area contributed by atoms with Gasteiger partial charge in [0.1, 0.15) is 12.1 Å². The normalized spacial score (nSPS) is 14.6. The molecular formula is C28H29F4N3O4. The molecule has 208 valence electrons. The number of ether oxygens (including phenoxy) is 1. The molecule has 4 rings (SSSR count). The summed E-state index contributed by atoms with van der Waals surface area (Å²) in [7, 11) is 0. The molecule has 39 heavy (non-hydrogen) atoms. The average molecular weight is 548 g/mol. The fourth-order valence-electron chi connectivity index (χ4n) is 4.49. The number of halogens is 4. The maximum absolute atomic E-state index is 13.4. The maximum Gasteiger partial charge on any atom is 0.416 e. The van der Waals surface area contributed by atoms with E-state index in [1.807, 2.05) is 4.90 Å². The quantitative estimate of drug-likeness (QED) is 0.262. The third kappa shape index (κ3) is 7.66. The molecule has 0 N–H and O–H groups in total. The van der Waals surface area contributed by atoms with E-state index in [0.717, 1.165) is 17.7 Å². The van der Waals surface area contributed by atoms with Gasteiger partial charge in [-0.05, 0) is 55.2 Å². The molecule has 0 spiro atoms. The van der Waals surface area contributed by atoms with Gasteiger partial charge in [0.2, 0.25) is 5.89 Å².